The van der Waals surface area contributed by atoms with Crippen LogP contribution < -0.4 is 0 Å². The molecule has 0 unspecified atom stereocenters. The molecular formula is C6H3BrN2S2. The van der Waals surface area contributed by atoms with Gasteiger partial charge >= 0.3 is 0 Å². The second-order valence-electron chi connectivity index (χ2n) is 1.84. The minimum Gasteiger partial charge on any atom is -0.252 e. The third-order valence-electron chi connectivity index (χ3n) is 1.12. The molecule has 0 amide bonds. The van der Waals surface area contributed by atoms with Crippen LogP contribution >= 0.6 is 38.6 Å². The zero-order chi connectivity index (χ0) is 7.68. The van der Waals surface area contributed by atoms with Crippen molar-refractivity contribution in [3.63, 3.8) is 0 Å². The van der Waals surface area contributed by atoms with Crippen molar-refractivity contribution in [3.8, 4) is 9.88 Å². The molecule has 2 rings (SSSR count). The molecule has 0 aromatic carbocycles. The van der Waals surface area contributed by atoms with Gasteiger partial charge in [-0.05, 0) is 15.9 Å². The van der Waals surface area contributed by atoms with Crippen LogP contribution in [0.2, 0.25) is 0 Å². The first-order valence-electron chi connectivity index (χ1n) is 2.86. The van der Waals surface area contributed by atoms with E-state index in [9.17, 15) is 0 Å². The van der Waals surface area contributed by atoms with Gasteiger partial charge in [0.05, 0.1) is 20.4 Å². The van der Waals surface area contributed by atoms with Crippen molar-refractivity contribution in [2.24, 2.45) is 0 Å². The van der Waals surface area contributed by atoms with Crippen LogP contribution in [0.5, 0.6) is 0 Å². The standard InChI is InChI=1S/C6H3BrN2S2/c7-5-2-9-6(11-5)4-1-8-3-10-4/h1-3H. The summed E-state index contributed by atoms with van der Waals surface area (Å²) >= 11 is 6.58. The predicted molar refractivity (Wildman–Crippen MR) is 50.9 cm³/mol. The summed E-state index contributed by atoms with van der Waals surface area (Å²) in [5.41, 5.74) is 1.81. The van der Waals surface area contributed by atoms with Crippen molar-refractivity contribution in [2.75, 3.05) is 0 Å². The van der Waals surface area contributed by atoms with Gasteiger partial charge in [0.2, 0.25) is 0 Å². The Balaban J connectivity index is 2.45. The normalized spacial score (nSPS) is 10.3. The van der Waals surface area contributed by atoms with E-state index in [1.54, 1.807) is 28.9 Å². The zero-order valence-electron chi connectivity index (χ0n) is 5.32. The third kappa shape index (κ3) is 1.50. The molecule has 2 heterocycles. The van der Waals surface area contributed by atoms with E-state index in [-0.39, 0.29) is 0 Å². The Hall–Kier alpha value is -0.260. The molecule has 0 aliphatic carbocycles. The first-order chi connectivity index (χ1) is 5.36. The van der Waals surface area contributed by atoms with E-state index in [1.807, 2.05) is 11.7 Å². The highest BCUT2D eigenvalue weighted by Crippen LogP contribution is 2.30. The van der Waals surface area contributed by atoms with Gasteiger partial charge in [0.1, 0.15) is 5.01 Å². The summed E-state index contributed by atoms with van der Waals surface area (Å²) in [4.78, 5) is 9.30. The fourth-order valence-corrected chi connectivity index (χ4v) is 2.58. The van der Waals surface area contributed by atoms with Crippen LogP contribution in [-0.4, -0.2) is 9.97 Å². The predicted octanol–water partition coefficient (Wildman–Crippen LogP) is 3.03. The molecular weight excluding hydrogens is 244 g/mol. The van der Waals surface area contributed by atoms with Crippen molar-refractivity contribution in [1.82, 2.24) is 9.97 Å². The molecule has 0 radical (unpaired) electrons. The van der Waals surface area contributed by atoms with Gasteiger partial charge in [0.25, 0.3) is 0 Å². The number of aromatic nitrogens is 2. The fraction of sp³-hybridized carbons (Fsp3) is 0. The Morgan fingerprint density at radius 3 is 2.82 bits per heavy atom. The maximum Gasteiger partial charge on any atom is 0.136 e. The smallest absolute Gasteiger partial charge is 0.136 e. The van der Waals surface area contributed by atoms with Crippen LogP contribution in [0.4, 0.5) is 0 Å². The van der Waals surface area contributed by atoms with E-state index < -0.39 is 0 Å². The van der Waals surface area contributed by atoms with Gasteiger partial charge in [-0.3, -0.25) is 4.98 Å². The average Bonchev–Trinajstić information content (AvgIpc) is 2.55. The Morgan fingerprint density at radius 1 is 1.36 bits per heavy atom. The Labute approximate surface area is 80.1 Å². The quantitative estimate of drug-likeness (QED) is 0.774. The first-order valence-corrected chi connectivity index (χ1v) is 5.35. The van der Waals surface area contributed by atoms with Crippen LogP contribution in [0.15, 0.2) is 21.7 Å². The lowest BCUT2D eigenvalue weighted by molar-refractivity contribution is 1.39. The summed E-state index contributed by atoms with van der Waals surface area (Å²) in [5, 5.41) is 1.03. The monoisotopic (exact) mass is 246 g/mol. The van der Waals surface area contributed by atoms with E-state index in [4.69, 9.17) is 0 Å². The molecule has 2 nitrogen and oxygen atoms in total. The second kappa shape index (κ2) is 3.00. The summed E-state index contributed by atoms with van der Waals surface area (Å²) in [6.07, 6.45) is 3.63. The number of hydrogen-bond donors (Lipinski definition) is 0. The molecule has 0 aliphatic heterocycles. The first kappa shape index (κ1) is 7.39. The average molecular weight is 247 g/mol. The SMILES string of the molecule is Brc1cnc(-c2cncs2)s1. The summed E-state index contributed by atoms with van der Waals surface area (Å²) in [6, 6.07) is 0. The lowest BCUT2D eigenvalue weighted by Gasteiger charge is -1.82. The minimum absolute atomic E-state index is 1.03. The summed E-state index contributed by atoms with van der Waals surface area (Å²) in [6.45, 7) is 0. The molecule has 56 valence electrons. The highest BCUT2D eigenvalue weighted by atomic mass is 79.9. The van der Waals surface area contributed by atoms with E-state index in [0.717, 1.165) is 13.7 Å². The van der Waals surface area contributed by atoms with Gasteiger partial charge in [0.15, 0.2) is 0 Å². The Bertz CT molecular complexity index is 341. The summed E-state index contributed by atoms with van der Waals surface area (Å²) in [7, 11) is 0. The number of thiazole rings is 2. The lowest BCUT2D eigenvalue weighted by Crippen LogP contribution is -1.64. The highest BCUT2D eigenvalue weighted by Gasteiger charge is 2.03. The second-order valence-corrected chi connectivity index (χ2v) is 5.13. The van der Waals surface area contributed by atoms with E-state index in [2.05, 4.69) is 25.9 Å². The molecule has 0 aliphatic rings. The van der Waals surface area contributed by atoms with E-state index in [1.165, 1.54) is 0 Å². The summed E-state index contributed by atoms with van der Waals surface area (Å²) < 4.78 is 1.06. The molecule has 2 aromatic heterocycles. The number of rotatable bonds is 1. The lowest BCUT2D eigenvalue weighted by atomic mass is 10.6. The van der Waals surface area contributed by atoms with Gasteiger partial charge in [-0.2, -0.15) is 0 Å². The van der Waals surface area contributed by atoms with E-state index in [0.29, 0.717) is 0 Å². The molecule has 5 heteroatoms. The number of nitrogens with zero attached hydrogens (tertiary/aromatic N) is 2. The summed E-state index contributed by atoms with van der Waals surface area (Å²) in [5.74, 6) is 0. The van der Waals surface area contributed by atoms with Crippen LogP contribution in [0, 0.1) is 0 Å². The van der Waals surface area contributed by atoms with Gasteiger partial charge in [0, 0.05) is 6.20 Å². The Kier molecular flexibility index (Phi) is 2.02. The fourth-order valence-electron chi connectivity index (χ4n) is 0.690. The third-order valence-corrected chi connectivity index (χ3v) is 3.54. The molecule has 0 spiro atoms. The number of hydrogen-bond acceptors (Lipinski definition) is 4. The maximum atomic E-state index is 4.20. The minimum atomic E-state index is 1.03. The van der Waals surface area contributed by atoms with Crippen LogP contribution in [0.25, 0.3) is 9.88 Å². The molecule has 0 saturated heterocycles. The molecule has 0 fully saturated rings. The van der Waals surface area contributed by atoms with Crippen LogP contribution in [-0.2, 0) is 0 Å². The maximum absolute atomic E-state index is 4.20. The zero-order valence-corrected chi connectivity index (χ0v) is 8.54. The van der Waals surface area contributed by atoms with Crippen molar-refractivity contribution in [3.05, 3.63) is 21.7 Å². The molecule has 0 N–H and O–H groups in total. The van der Waals surface area contributed by atoms with Crippen molar-refractivity contribution >= 4 is 38.6 Å². The van der Waals surface area contributed by atoms with Gasteiger partial charge in [-0.15, -0.1) is 22.7 Å². The number of halogens is 1. The van der Waals surface area contributed by atoms with Crippen molar-refractivity contribution < 1.29 is 0 Å². The molecule has 2 aromatic rings. The molecule has 0 atom stereocenters. The van der Waals surface area contributed by atoms with Crippen molar-refractivity contribution in [1.29, 1.82) is 0 Å². The van der Waals surface area contributed by atoms with Gasteiger partial charge in [-0.1, -0.05) is 0 Å². The molecule has 0 saturated carbocycles. The molecule has 0 bridgehead atoms. The largest absolute Gasteiger partial charge is 0.252 e. The Morgan fingerprint density at radius 2 is 2.27 bits per heavy atom. The van der Waals surface area contributed by atoms with E-state index >= 15 is 0 Å². The van der Waals surface area contributed by atoms with Crippen LogP contribution in [0.3, 0.4) is 0 Å². The highest BCUT2D eigenvalue weighted by molar-refractivity contribution is 9.11. The van der Waals surface area contributed by atoms with Crippen LogP contribution in [0.1, 0.15) is 0 Å². The van der Waals surface area contributed by atoms with Crippen molar-refractivity contribution in [2.45, 2.75) is 0 Å². The topological polar surface area (TPSA) is 25.8 Å². The van der Waals surface area contributed by atoms with Gasteiger partial charge in [-0.25, -0.2) is 4.98 Å². The van der Waals surface area contributed by atoms with Gasteiger partial charge < -0.3 is 0 Å². The molecule has 11 heavy (non-hydrogen) atoms.